The van der Waals surface area contributed by atoms with Crippen LogP contribution in [-0.4, -0.2) is 25.7 Å². The summed E-state index contributed by atoms with van der Waals surface area (Å²) in [5, 5.41) is 11.9. The summed E-state index contributed by atoms with van der Waals surface area (Å²) in [5.41, 5.74) is 0.708. The highest BCUT2D eigenvalue weighted by atomic mass is 79.9. The van der Waals surface area contributed by atoms with E-state index in [1.54, 1.807) is 19.2 Å². The number of halogens is 1. The van der Waals surface area contributed by atoms with Crippen LogP contribution in [-0.2, 0) is 4.79 Å². The van der Waals surface area contributed by atoms with Crippen molar-refractivity contribution in [3.63, 3.8) is 0 Å². The Bertz CT molecular complexity index is 619. The number of benzene rings is 1. The number of ether oxygens (including phenoxy) is 2. The van der Waals surface area contributed by atoms with Crippen LogP contribution in [0.5, 0.6) is 11.5 Å². The summed E-state index contributed by atoms with van der Waals surface area (Å²) >= 11 is 3.40. The van der Waals surface area contributed by atoms with Crippen molar-refractivity contribution >= 4 is 27.9 Å². The molecule has 0 saturated carbocycles. The molecule has 1 amide bonds. The van der Waals surface area contributed by atoms with E-state index < -0.39 is 5.91 Å². The number of methoxy groups -OCH3 is 1. The van der Waals surface area contributed by atoms with E-state index in [1.165, 1.54) is 6.08 Å². The van der Waals surface area contributed by atoms with Crippen molar-refractivity contribution in [2.45, 2.75) is 26.8 Å². The second-order valence-electron chi connectivity index (χ2n) is 4.77. The van der Waals surface area contributed by atoms with Crippen LogP contribution in [0.1, 0.15) is 26.3 Å². The first kappa shape index (κ1) is 18.1. The van der Waals surface area contributed by atoms with Gasteiger partial charge in [0.25, 0.3) is 5.91 Å². The third-order valence-corrected chi connectivity index (χ3v) is 3.22. The number of rotatable bonds is 6. The lowest BCUT2D eigenvalue weighted by molar-refractivity contribution is -0.117. The zero-order valence-electron chi connectivity index (χ0n) is 13.1. The van der Waals surface area contributed by atoms with E-state index >= 15 is 0 Å². The monoisotopic (exact) mass is 366 g/mol. The van der Waals surface area contributed by atoms with E-state index in [-0.39, 0.29) is 11.6 Å². The second-order valence-corrected chi connectivity index (χ2v) is 5.62. The molecule has 0 heterocycles. The average molecular weight is 367 g/mol. The van der Waals surface area contributed by atoms with Crippen molar-refractivity contribution in [2.75, 3.05) is 13.7 Å². The number of carbonyl (C=O) groups is 1. The fraction of sp³-hybridized carbons (Fsp3) is 0.375. The molecule has 0 aliphatic carbocycles. The van der Waals surface area contributed by atoms with E-state index in [2.05, 4.69) is 21.2 Å². The molecule has 1 N–H and O–H groups in total. The molecule has 1 aromatic carbocycles. The highest BCUT2D eigenvalue weighted by Gasteiger charge is 2.13. The minimum absolute atomic E-state index is 0.0354. The summed E-state index contributed by atoms with van der Waals surface area (Å²) in [6.45, 7) is 6.02. The lowest BCUT2D eigenvalue weighted by Crippen LogP contribution is -2.30. The van der Waals surface area contributed by atoms with Crippen LogP contribution in [0.25, 0.3) is 6.08 Å². The topological polar surface area (TPSA) is 71.3 Å². The Labute approximate surface area is 139 Å². The van der Waals surface area contributed by atoms with Crippen molar-refractivity contribution in [3.8, 4) is 17.6 Å². The standard InChI is InChI=1S/C16H19BrN2O3/c1-5-22-14-8-11(7-13(17)15(14)21-4)6-12(9-18)16(20)19-10(2)3/h6-8,10H,5H2,1-4H3,(H,19,20)/b12-6-. The van der Waals surface area contributed by atoms with Crippen LogP contribution in [0, 0.1) is 11.3 Å². The summed E-state index contributed by atoms with van der Waals surface area (Å²) in [6, 6.07) is 5.38. The second kappa shape index (κ2) is 8.44. The van der Waals surface area contributed by atoms with E-state index in [0.717, 1.165) is 0 Å². The Morgan fingerprint density at radius 3 is 2.68 bits per heavy atom. The largest absolute Gasteiger partial charge is 0.492 e. The molecule has 0 aromatic heterocycles. The Kier molecular flexibility index (Phi) is 6.93. The molecule has 1 rings (SSSR count). The van der Waals surface area contributed by atoms with Crippen molar-refractivity contribution < 1.29 is 14.3 Å². The van der Waals surface area contributed by atoms with Gasteiger partial charge >= 0.3 is 0 Å². The Morgan fingerprint density at radius 2 is 2.18 bits per heavy atom. The molecule has 22 heavy (non-hydrogen) atoms. The van der Waals surface area contributed by atoms with Crippen LogP contribution < -0.4 is 14.8 Å². The van der Waals surface area contributed by atoms with Gasteiger partial charge in [0.05, 0.1) is 18.2 Å². The quantitative estimate of drug-likeness (QED) is 0.619. The maximum Gasteiger partial charge on any atom is 0.262 e. The highest BCUT2D eigenvalue weighted by Crippen LogP contribution is 2.37. The first-order valence-corrected chi connectivity index (χ1v) is 7.65. The van der Waals surface area contributed by atoms with E-state index in [4.69, 9.17) is 14.7 Å². The van der Waals surface area contributed by atoms with Gasteiger partial charge in [-0.05, 0) is 60.5 Å². The third-order valence-electron chi connectivity index (χ3n) is 2.63. The predicted octanol–water partition coefficient (Wildman–Crippen LogP) is 3.29. The molecule has 0 unspecified atom stereocenters. The zero-order chi connectivity index (χ0) is 16.7. The Morgan fingerprint density at radius 1 is 1.50 bits per heavy atom. The number of nitriles is 1. The zero-order valence-corrected chi connectivity index (χ0v) is 14.7. The van der Waals surface area contributed by atoms with Crippen molar-refractivity contribution in [3.05, 3.63) is 27.7 Å². The van der Waals surface area contributed by atoms with Crippen LogP contribution in [0.3, 0.4) is 0 Å². The molecular formula is C16H19BrN2O3. The SMILES string of the molecule is CCOc1cc(/C=C(/C#N)C(=O)NC(C)C)cc(Br)c1OC. The minimum Gasteiger partial charge on any atom is -0.492 e. The van der Waals surface area contributed by atoms with Crippen molar-refractivity contribution in [1.82, 2.24) is 5.32 Å². The molecule has 5 nitrogen and oxygen atoms in total. The van der Waals surface area contributed by atoms with Crippen LogP contribution in [0.15, 0.2) is 22.2 Å². The number of hydrogen-bond donors (Lipinski definition) is 1. The van der Waals surface area contributed by atoms with Gasteiger partial charge in [-0.25, -0.2) is 0 Å². The summed E-state index contributed by atoms with van der Waals surface area (Å²) in [4.78, 5) is 11.9. The molecule has 0 spiro atoms. The number of amides is 1. The Balaban J connectivity index is 3.23. The van der Waals surface area contributed by atoms with Gasteiger partial charge in [-0.2, -0.15) is 5.26 Å². The van der Waals surface area contributed by atoms with Crippen LogP contribution in [0.4, 0.5) is 0 Å². The van der Waals surface area contributed by atoms with Gasteiger partial charge in [0.15, 0.2) is 11.5 Å². The highest BCUT2D eigenvalue weighted by molar-refractivity contribution is 9.10. The fourth-order valence-corrected chi connectivity index (χ4v) is 2.41. The summed E-state index contributed by atoms with van der Waals surface area (Å²) < 4.78 is 11.5. The summed E-state index contributed by atoms with van der Waals surface area (Å²) in [5.74, 6) is 0.721. The van der Waals surface area contributed by atoms with Gasteiger partial charge in [0, 0.05) is 6.04 Å². The van der Waals surface area contributed by atoms with Crippen LogP contribution in [0.2, 0.25) is 0 Å². The molecule has 0 bridgehead atoms. The van der Waals surface area contributed by atoms with Gasteiger partial charge in [0.2, 0.25) is 0 Å². The van der Waals surface area contributed by atoms with Gasteiger partial charge in [0.1, 0.15) is 11.6 Å². The lowest BCUT2D eigenvalue weighted by Gasteiger charge is -2.12. The molecule has 0 fully saturated rings. The molecule has 0 aliphatic rings. The maximum absolute atomic E-state index is 11.9. The smallest absolute Gasteiger partial charge is 0.262 e. The van der Waals surface area contributed by atoms with Gasteiger partial charge in [-0.3, -0.25) is 4.79 Å². The fourth-order valence-electron chi connectivity index (χ4n) is 1.79. The predicted molar refractivity (Wildman–Crippen MR) is 88.7 cm³/mol. The summed E-state index contributed by atoms with van der Waals surface area (Å²) in [6.07, 6.45) is 1.52. The molecular weight excluding hydrogens is 348 g/mol. The first-order valence-electron chi connectivity index (χ1n) is 6.85. The number of carbonyl (C=O) groups excluding carboxylic acids is 1. The molecule has 0 atom stereocenters. The first-order chi connectivity index (χ1) is 10.4. The summed E-state index contributed by atoms with van der Waals surface area (Å²) in [7, 11) is 1.55. The minimum atomic E-state index is -0.401. The lowest BCUT2D eigenvalue weighted by atomic mass is 10.1. The molecule has 0 radical (unpaired) electrons. The van der Waals surface area contributed by atoms with Crippen LogP contribution >= 0.6 is 15.9 Å². The number of nitrogens with one attached hydrogen (secondary N) is 1. The van der Waals surface area contributed by atoms with Crippen molar-refractivity contribution in [1.29, 1.82) is 5.26 Å². The van der Waals surface area contributed by atoms with Gasteiger partial charge < -0.3 is 14.8 Å². The normalized spacial score (nSPS) is 11.0. The number of nitrogens with zero attached hydrogens (tertiary/aromatic N) is 1. The molecule has 0 aliphatic heterocycles. The third kappa shape index (κ3) is 4.78. The number of hydrogen-bond acceptors (Lipinski definition) is 4. The van der Waals surface area contributed by atoms with E-state index in [1.807, 2.05) is 26.8 Å². The van der Waals surface area contributed by atoms with E-state index in [0.29, 0.717) is 28.1 Å². The Hall–Kier alpha value is -2.00. The molecule has 0 saturated heterocycles. The van der Waals surface area contributed by atoms with Crippen molar-refractivity contribution in [2.24, 2.45) is 0 Å². The van der Waals surface area contributed by atoms with Gasteiger partial charge in [-0.15, -0.1) is 0 Å². The molecule has 1 aromatic rings. The maximum atomic E-state index is 11.9. The van der Waals surface area contributed by atoms with Gasteiger partial charge in [-0.1, -0.05) is 0 Å². The van der Waals surface area contributed by atoms with E-state index in [9.17, 15) is 4.79 Å². The molecule has 118 valence electrons. The average Bonchev–Trinajstić information content (AvgIpc) is 2.44. The molecule has 6 heteroatoms.